The molecule has 2 aromatic carbocycles. The zero-order chi connectivity index (χ0) is 27.5. The third-order valence-corrected chi connectivity index (χ3v) is 7.98. The summed E-state index contributed by atoms with van der Waals surface area (Å²) in [5.41, 5.74) is 2.32. The summed E-state index contributed by atoms with van der Waals surface area (Å²) in [4.78, 5) is 17.0. The van der Waals surface area contributed by atoms with Crippen molar-refractivity contribution in [2.45, 2.75) is 26.8 Å². The average molecular weight is 560 g/mol. The number of nitrogens with one attached hydrogen (secondary N) is 2. The summed E-state index contributed by atoms with van der Waals surface area (Å²) in [7, 11) is 0. The monoisotopic (exact) mass is 559 g/mol. The van der Waals surface area contributed by atoms with Gasteiger partial charge < -0.3 is 34.8 Å². The molecule has 2 fully saturated rings. The van der Waals surface area contributed by atoms with Crippen LogP contribution in [0.3, 0.4) is 0 Å². The number of benzene rings is 2. The van der Waals surface area contributed by atoms with Gasteiger partial charge in [0.05, 0.1) is 0 Å². The SMILES string of the molecule is C[C@H]1C[C@H](C)CN(c2cc(N3CCN(c4ccccc4)CC3)nc(NC(=S)NCc3ccc4c(c3)OCO4)n2)C1. The minimum atomic E-state index is 0.262. The summed E-state index contributed by atoms with van der Waals surface area (Å²) >= 11 is 5.65. The number of hydrogen-bond donors (Lipinski definition) is 2. The standard InChI is InChI=1S/C30H37N7O2S/c1-21-14-22(2)19-37(18-21)28-16-27(36-12-10-35(11-13-36)24-6-4-3-5-7-24)32-29(33-28)34-30(40)31-17-23-8-9-25-26(15-23)39-20-38-25/h3-9,15-16,21-22H,10-14,17-20H2,1-2H3,(H2,31,32,33,34,40)/t21-,22-/m0/s1. The van der Waals surface area contributed by atoms with Crippen molar-refractivity contribution in [2.75, 3.05) is 66.1 Å². The van der Waals surface area contributed by atoms with Crippen LogP contribution in [0.2, 0.25) is 0 Å². The molecule has 0 unspecified atom stereocenters. The van der Waals surface area contributed by atoms with Crippen LogP contribution >= 0.6 is 12.2 Å². The average Bonchev–Trinajstić information content (AvgIpc) is 3.44. The Morgan fingerprint density at radius 3 is 2.27 bits per heavy atom. The molecule has 10 heteroatoms. The zero-order valence-corrected chi connectivity index (χ0v) is 24.0. The van der Waals surface area contributed by atoms with Crippen LogP contribution in [0.4, 0.5) is 23.3 Å². The molecule has 40 heavy (non-hydrogen) atoms. The van der Waals surface area contributed by atoms with Crippen molar-refractivity contribution in [1.29, 1.82) is 0 Å². The van der Waals surface area contributed by atoms with Crippen molar-refractivity contribution >= 4 is 40.6 Å². The molecule has 4 heterocycles. The zero-order valence-electron chi connectivity index (χ0n) is 23.2. The molecule has 0 spiro atoms. The van der Waals surface area contributed by atoms with E-state index in [0.29, 0.717) is 29.4 Å². The molecule has 210 valence electrons. The molecule has 0 amide bonds. The van der Waals surface area contributed by atoms with Crippen molar-refractivity contribution in [2.24, 2.45) is 11.8 Å². The Kier molecular flexibility index (Phi) is 7.77. The lowest BCUT2D eigenvalue weighted by Gasteiger charge is -2.38. The fourth-order valence-corrected chi connectivity index (χ4v) is 6.03. The molecule has 2 atom stereocenters. The Morgan fingerprint density at radius 2 is 1.52 bits per heavy atom. The first-order chi connectivity index (χ1) is 19.5. The van der Waals surface area contributed by atoms with Crippen molar-refractivity contribution in [1.82, 2.24) is 15.3 Å². The molecule has 2 saturated heterocycles. The van der Waals surface area contributed by atoms with Gasteiger partial charge in [0, 0.05) is 57.6 Å². The summed E-state index contributed by atoms with van der Waals surface area (Å²) in [5.74, 6) is 5.19. The molecular weight excluding hydrogens is 522 g/mol. The first-order valence-corrected chi connectivity index (χ1v) is 14.5. The summed E-state index contributed by atoms with van der Waals surface area (Å²) < 4.78 is 10.9. The summed E-state index contributed by atoms with van der Waals surface area (Å²) in [6.45, 7) is 11.1. The number of thiocarbonyl (C=S) groups is 1. The smallest absolute Gasteiger partial charge is 0.232 e. The van der Waals surface area contributed by atoms with E-state index >= 15 is 0 Å². The fourth-order valence-electron chi connectivity index (χ4n) is 5.86. The van der Waals surface area contributed by atoms with Gasteiger partial charge in [-0.05, 0) is 60.3 Å². The molecule has 3 aromatic rings. The van der Waals surface area contributed by atoms with Gasteiger partial charge in [-0.1, -0.05) is 38.1 Å². The van der Waals surface area contributed by atoms with E-state index in [1.807, 2.05) is 18.2 Å². The Hall–Kier alpha value is -3.79. The van der Waals surface area contributed by atoms with Gasteiger partial charge in [-0.15, -0.1) is 0 Å². The molecule has 6 rings (SSSR count). The van der Waals surface area contributed by atoms with E-state index in [-0.39, 0.29) is 6.79 Å². The minimum Gasteiger partial charge on any atom is -0.454 e. The van der Waals surface area contributed by atoms with Crippen LogP contribution in [0, 0.1) is 11.8 Å². The van der Waals surface area contributed by atoms with E-state index in [1.165, 1.54) is 12.1 Å². The lowest BCUT2D eigenvalue weighted by Crippen LogP contribution is -2.47. The second-order valence-electron chi connectivity index (χ2n) is 11.1. The van der Waals surface area contributed by atoms with Gasteiger partial charge in [-0.25, -0.2) is 0 Å². The number of hydrogen-bond acceptors (Lipinski definition) is 8. The van der Waals surface area contributed by atoms with Crippen molar-refractivity contribution in [3.8, 4) is 11.5 Å². The lowest BCUT2D eigenvalue weighted by atomic mass is 9.92. The normalized spacial score (nSPS) is 20.4. The fraction of sp³-hybridized carbons (Fsp3) is 0.433. The predicted molar refractivity (Wildman–Crippen MR) is 164 cm³/mol. The maximum Gasteiger partial charge on any atom is 0.232 e. The maximum absolute atomic E-state index is 5.65. The van der Waals surface area contributed by atoms with Crippen LogP contribution in [0.25, 0.3) is 0 Å². The summed E-state index contributed by atoms with van der Waals surface area (Å²) in [6.07, 6.45) is 1.24. The highest BCUT2D eigenvalue weighted by Gasteiger charge is 2.26. The third-order valence-electron chi connectivity index (χ3n) is 7.73. The number of aromatic nitrogens is 2. The topological polar surface area (TPSA) is 78.0 Å². The van der Waals surface area contributed by atoms with Gasteiger partial charge in [0.2, 0.25) is 12.7 Å². The van der Waals surface area contributed by atoms with Gasteiger partial charge in [-0.3, -0.25) is 0 Å². The van der Waals surface area contributed by atoms with E-state index in [1.54, 1.807) is 0 Å². The highest BCUT2D eigenvalue weighted by molar-refractivity contribution is 7.80. The van der Waals surface area contributed by atoms with Gasteiger partial charge in [0.15, 0.2) is 16.6 Å². The summed E-state index contributed by atoms with van der Waals surface area (Å²) in [6, 6.07) is 18.7. The number of anilines is 4. The van der Waals surface area contributed by atoms with Gasteiger partial charge >= 0.3 is 0 Å². The number of ether oxygens (including phenoxy) is 2. The van der Waals surface area contributed by atoms with Gasteiger partial charge in [-0.2, -0.15) is 9.97 Å². The van der Waals surface area contributed by atoms with Gasteiger partial charge in [0.1, 0.15) is 11.6 Å². The molecule has 0 radical (unpaired) electrons. The highest BCUT2D eigenvalue weighted by Crippen LogP contribution is 2.32. The largest absolute Gasteiger partial charge is 0.454 e. The Morgan fingerprint density at radius 1 is 0.850 bits per heavy atom. The van der Waals surface area contributed by atoms with Crippen LogP contribution in [-0.4, -0.2) is 61.1 Å². The molecule has 0 bridgehead atoms. The van der Waals surface area contributed by atoms with Crippen molar-refractivity contribution in [3.63, 3.8) is 0 Å². The van der Waals surface area contributed by atoms with E-state index in [0.717, 1.165) is 68.0 Å². The van der Waals surface area contributed by atoms with Crippen LogP contribution in [-0.2, 0) is 6.54 Å². The highest BCUT2D eigenvalue weighted by atomic mass is 32.1. The number of rotatable bonds is 6. The quantitative estimate of drug-likeness (QED) is 0.422. The molecule has 0 saturated carbocycles. The van der Waals surface area contributed by atoms with Crippen LogP contribution in [0.1, 0.15) is 25.8 Å². The lowest BCUT2D eigenvalue weighted by molar-refractivity contribution is 0.174. The van der Waals surface area contributed by atoms with Gasteiger partial charge in [0.25, 0.3) is 0 Å². The summed E-state index contributed by atoms with van der Waals surface area (Å²) in [5, 5.41) is 7.03. The molecule has 1 aromatic heterocycles. The molecule has 2 N–H and O–H groups in total. The van der Waals surface area contributed by atoms with Crippen LogP contribution in [0.15, 0.2) is 54.6 Å². The van der Waals surface area contributed by atoms with E-state index in [9.17, 15) is 0 Å². The first kappa shape index (κ1) is 26.4. The maximum atomic E-state index is 5.65. The van der Waals surface area contributed by atoms with E-state index in [4.69, 9.17) is 31.7 Å². The minimum absolute atomic E-state index is 0.262. The second-order valence-corrected chi connectivity index (χ2v) is 11.5. The Balaban J connectivity index is 1.17. The number of fused-ring (bicyclic) bond motifs is 1. The number of nitrogens with zero attached hydrogens (tertiary/aromatic N) is 5. The second kappa shape index (κ2) is 11.8. The Bertz CT molecular complexity index is 1320. The third kappa shape index (κ3) is 6.17. The van der Waals surface area contributed by atoms with Crippen molar-refractivity contribution in [3.05, 3.63) is 60.2 Å². The Labute approximate surface area is 241 Å². The van der Waals surface area contributed by atoms with Crippen LogP contribution in [0.5, 0.6) is 11.5 Å². The predicted octanol–water partition coefficient (Wildman–Crippen LogP) is 4.50. The molecule has 3 aliphatic rings. The molecule has 9 nitrogen and oxygen atoms in total. The molecule has 0 aliphatic carbocycles. The number of piperazine rings is 1. The van der Waals surface area contributed by atoms with Crippen molar-refractivity contribution < 1.29 is 9.47 Å². The van der Waals surface area contributed by atoms with Crippen LogP contribution < -0.4 is 34.8 Å². The molecule has 3 aliphatic heterocycles. The first-order valence-electron chi connectivity index (χ1n) is 14.1. The number of piperidine rings is 1. The number of para-hydroxylation sites is 1. The molecular formula is C30H37N7O2S. The van der Waals surface area contributed by atoms with E-state index < -0.39 is 0 Å². The van der Waals surface area contributed by atoms with E-state index in [2.05, 4.69) is 75.6 Å².